The molecule has 2 N–H and O–H groups in total. The molecule has 0 spiro atoms. The highest BCUT2D eigenvalue weighted by Crippen LogP contribution is 2.33. The number of carboxylic acids is 1. The van der Waals surface area contributed by atoms with Crippen LogP contribution in [0.2, 0.25) is 0 Å². The summed E-state index contributed by atoms with van der Waals surface area (Å²) in [5.74, 6) is 0.240. The van der Waals surface area contributed by atoms with Crippen molar-refractivity contribution in [3.8, 4) is 11.5 Å². The molecule has 0 bridgehead atoms. The van der Waals surface area contributed by atoms with E-state index in [1.54, 1.807) is 44.6 Å². The SMILES string of the molecule is C=CCc1cc(CNC(=O)CCc2ccc(C(=O)O)cc2)cc(OC)c1OC. The largest absolute Gasteiger partial charge is 0.493 e. The number of hydrogen-bond acceptors (Lipinski definition) is 4. The van der Waals surface area contributed by atoms with Gasteiger partial charge in [0.05, 0.1) is 19.8 Å². The van der Waals surface area contributed by atoms with Crippen molar-refractivity contribution >= 4 is 11.9 Å². The smallest absolute Gasteiger partial charge is 0.335 e. The van der Waals surface area contributed by atoms with Gasteiger partial charge in [-0.3, -0.25) is 4.79 Å². The molecule has 28 heavy (non-hydrogen) atoms. The van der Waals surface area contributed by atoms with E-state index in [2.05, 4.69) is 11.9 Å². The van der Waals surface area contributed by atoms with Crippen molar-refractivity contribution < 1.29 is 24.2 Å². The van der Waals surface area contributed by atoms with Crippen LogP contribution in [0.15, 0.2) is 49.1 Å². The van der Waals surface area contributed by atoms with E-state index in [1.807, 2.05) is 12.1 Å². The molecule has 0 unspecified atom stereocenters. The Balaban J connectivity index is 1.95. The van der Waals surface area contributed by atoms with Crippen LogP contribution in [0.5, 0.6) is 11.5 Å². The third-order valence-electron chi connectivity index (χ3n) is 4.31. The Morgan fingerprint density at radius 2 is 1.82 bits per heavy atom. The third-order valence-corrected chi connectivity index (χ3v) is 4.31. The number of rotatable bonds is 10. The Kier molecular flexibility index (Phi) is 7.63. The number of ether oxygens (including phenoxy) is 2. The minimum absolute atomic E-state index is 0.0811. The molecule has 2 aromatic carbocycles. The summed E-state index contributed by atoms with van der Waals surface area (Å²) in [5, 5.41) is 11.8. The van der Waals surface area contributed by atoms with E-state index in [0.717, 1.165) is 16.7 Å². The van der Waals surface area contributed by atoms with Crippen molar-refractivity contribution in [1.82, 2.24) is 5.32 Å². The lowest BCUT2D eigenvalue weighted by atomic mass is 10.0. The fraction of sp³-hybridized carbons (Fsp3) is 0.273. The van der Waals surface area contributed by atoms with Gasteiger partial charge in [0.25, 0.3) is 0 Å². The predicted octanol–water partition coefficient (Wildman–Crippen LogP) is 3.38. The maximum absolute atomic E-state index is 12.2. The van der Waals surface area contributed by atoms with E-state index in [4.69, 9.17) is 14.6 Å². The van der Waals surface area contributed by atoms with Crippen molar-refractivity contribution in [2.24, 2.45) is 0 Å². The number of hydrogen-bond donors (Lipinski definition) is 2. The number of allylic oxidation sites excluding steroid dienone is 1. The van der Waals surface area contributed by atoms with Crippen LogP contribution >= 0.6 is 0 Å². The zero-order valence-electron chi connectivity index (χ0n) is 16.2. The molecule has 2 aromatic rings. The molecule has 6 nitrogen and oxygen atoms in total. The van der Waals surface area contributed by atoms with Crippen LogP contribution in [0.25, 0.3) is 0 Å². The molecule has 0 aliphatic heterocycles. The van der Waals surface area contributed by atoms with Gasteiger partial charge >= 0.3 is 5.97 Å². The van der Waals surface area contributed by atoms with Crippen LogP contribution in [0.3, 0.4) is 0 Å². The minimum Gasteiger partial charge on any atom is -0.493 e. The van der Waals surface area contributed by atoms with Gasteiger partial charge in [-0.1, -0.05) is 18.2 Å². The van der Waals surface area contributed by atoms with Gasteiger partial charge in [0.2, 0.25) is 5.91 Å². The Morgan fingerprint density at radius 1 is 1.11 bits per heavy atom. The van der Waals surface area contributed by atoms with Crippen LogP contribution in [-0.2, 0) is 24.2 Å². The van der Waals surface area contributed by atoms with Crippen LogP contribution < -0.4 is 14.8 Å². The molecule has 1 amide bonds. The van der Waals surface area contributed by atoms with Crippen LogP contribution in [-0.4, -0.2) is 31.2 Å². The fourth-order valence-corrected chi connectivity index (χ4v) is 2.88. The number of carboxylic acid groups (broad SMARTS) is 1. The fourth-order valence-electron chi connectivity index (χ4n) is 2.88. The molecule has 0 aliphatic rings. The van der Waals surface area contributed by atoms with Crippen molar-refractivity contribution in [2.45, 2.75) is 25.8 Å². The van der Waals surface area contributed by atoms with E-state index < -0.39 is 5.97 Å². The Hall–Kier alpha value is -3.28. The van der Waals surface area contributed by atoms with Gasteiger partial charge in [-0.15, -0.1) is 6.58 Å². The molecule has 0 saturated heterocycles. The summed E-state index contributed by atoms with van der Waals surface area (Å²) < 4.78 is 10.8. The van der Waals surface area contributed by atoms with Crippen LogP contribution in [0.1, 0.15) is 33.5 Å². The zero-order chi connectivity index (χ0) is 20.5. The van der Waals surface area contributed by atoms with E-state index >= 15 is 0 Å². The molecule has 6 heteroatoms. The lowest BCUT2D eigenvalue weighted by molar-refractivity contribution is -0.121. The summed E-state index contributed by atoms with van der Waals surface area (Å²) in [5.41, 5.74) is 3.00. The standard InChI is InChI=1S/C22H25NO5/c1-4-5-18-12-16(13-19(27-2)21(18)28-3)14-23-20(24)11-8-15-6-9-17(10-7-15)22(25)26/h4,6-7,9-10,12-13H,1,5,8,11,14H2,2-3H3,(H,23,24)(H,25,26). The van der Waals surface area contributed by atoms with Crippen molar-refractivity contribution in [1.29, 1.82) is 0 Å². The highest BCUT2D eigenvalue weighted by Gasteiger charge is 2.12. The molecule has 148 valence electrons. The molecule has 0 atom stereocenters. The highest BCUT2D eigenvalue weighted by atomic mass is 16.5. The van der Waals surface area contributed by atoms with Crippen molar-refractivity contribution in [3.05, 3.63) is 71.3 Å². The zero-order valence-corrected chi connectivity index (χ0v) is 16.2. The second-order valence-corrected chi connectivity index (χ2v) is 6.26. The normalized spacial score (nSPS) is 10.2. The number of carbonyl (C=O) groups excluding carboxylic acids is 1. The van der Waals surface area contributed by atoms with Gasteiger partial charge < -0.3 is 19.9 Å². The second-order valence-electron chi connectivity index (χ2n) is 6.26. The monoisotopic (exact) mass is 383 g/mol. The summed E-state index contributed by atoms with van der Waals surface area (Å²) in [6.45, 7) is 4.14. The number of methoxy groups -OCH3 is 2. The van der Waals surface area contributed by atoms with Gasteiger partial charge in [0, 0.05) is 18.5 Å². The summed E-state index contributed by atoms with van der Waals surface area (Å²) >= 11 is 0. The molecule has 0 fully saturated rings. The first-order valence-electron chi connectivity index (χ1n) is 8.92. The van der Waals surface area contributed by atoms with Crippen LogP contribution in [0, 0.1) is 0 Å². The quantitative estimate of drug-likeness (QED) is 0.615. The Morgan fingerprint density at radius 3 is 2.39 bits per heavy atom. The first kappa shape index (κ1) is 21.0. The molecular weight excluding hydrogens is 358 g/mol. The molecule has 0 heterocycles. The maximum Gasteiger partial charge on any atom is 0.335 e. The van der Waals surface area contributed by atoms with Gasteiger partial charge in [-0.05, 0) is 48.2 Å². The minimum atomic E-state index is -0.963. The van der Waals surface area contributed by atoms with E-state index in [-0.39, 0.29) is 11.5 Å². The number of benzene rings is 2. The lowest BCUT2D eigenvalue weighted by Crippen LogP contribution is -2.23. The first-order chi connectivity index (χ1) is 13.5. The predicted molar refractivity (Wildman–Crippen MR) is 107 cm³/mol. The van der Waals surface area contributed by atoms with Gasteiger partial charge in [-0.2, -0.15) is 0 Å². The maximum atomic E-state index is 12.2. The van der Waals surface area contributed by atoms with Gasteiger partial charge in [0.15, 0.2) is 11.5 Å². The number of aryl methyl sites for hydroxylation is 1. The molecule has 0 aromatic heterocycles. The summed E-state index contributed by atoms with van der Waals surface area (Å²) in [7, 11) is 3.17. The van der Waals surface area contributed by atoms with Crippen molar-refractivity contribution in [3.63, 3.8) is 0 Å². The van der Waals surface area contributed by atoms with Gasteiger partial charge in [-0.25, -0.2) is 4.79 Å². The third kappa shape index (κ3) is 5.61. The number of carbonyl (C=O) groups is 2. The van der Waals surface area contributed by atoms with E-state index in [0.29, 0.717) is 37.3 Å². The van der Waals surface area contributed by atoms with Crippen LogP contribution in [0.4, 0.5) is 0 Å². The molecule has 2 rings (SSSR count). The lowest BCUT2D eigenvalue weighted by Gasteiger charge is -2.15. The highest BCUT2D eigenvalue weighted by molar-refractivity contribution is 5.87. The van der Waals surface area contributed by atoms with Crippen molar-refractivity contribution in [2.75, 3.05) is 14.2 Å². The average molecular weight is 383 g/mol. The molecule has 0 aliphatic carbocycles. The molecule has 0 saturated carbocycles. The Bertz CT molecular complexity index is 843. The number of aromatic carboxylic acids is 1. The summed E-state index contributed by atoms with van der Waals surface area (Å²) in [6.07, 6.45) is 3.28. The van der Waals surface area contributed by atoms with Gasteiger partial charge in [0.1, 0.15) is 0 Å². The molecular formula is C22H25NO5. The topological polar surface area (TPSA) is 84.9 Å². The summed E-state index contributed by atoms with van der Waals surface area (Å²) in [6, 6.07) is 10.4. The van der Waals surface area contributed by atoms with E-state index in [9.17, 15) is 9.59 Å². The Labute approximate surface area is 164 Å². The first-order valence-corrected chi connectivity index (χ1v) is 8.92. The number of amides is 1. The molecule has 0 radical (unpaired) electrons. The second kappa shape index (κ2) is 10.2. The average Bonchev–Trinajstić information content (AvgIpc) is 2.70. The summed E-state index contributed by atoms with van der Waals surface area (Å²) in [4.78, 5) is 23.0. The number of nitrogens with one attached hydrogen (secondary N) is 1. The van der Waals surface area contributed by atoms with E-state index in [1.165, 1.54) is 0 Å².